The molecular formula is C15H23N3O4S. The first-order valence-corrected chi connectivity index (χ1v) is 9.01. The van der Waals surface area contributed by atoms with Crippen LogP contribution in [0.25, 0.3) is 0 Å². The van der Waals surface area contributed by atoms with Crippen LogP contribution in [0, 0.1) is 5.92 Å². The van der Waals surface area contributed by atoms with E-state index in [1.165, 1.54) is 20.2 Å². The molecule has 2 N–H and O–H groups in total. The van der Waals surface area contributed by atoms with Crippen molar-refractivity contribution in [2.75, 3.05) is 39.1 Å². The van der Waals surface area contributed by atoms with Crippen LogP contribution >= 0.6 is 0 Å². The van der Waals surface area contributed by atoms with Crippen molar-refractivity contribution in [1.29, 1.82) is 0 Å². The minimum absolute atomic E-state index is 0.0479. The molecule has 1 aliphatic heterocycles. The van der Waals surface area contributed by atoms with Gasteiger partial charge in [0, 0.05) is 26.3 Å². The Hall–Kier alpha value is -1.64. The van der Waals surface area contributed by atoms with Crippen molar-refractivity contribution in [3.8, 4) is 5.75 Å². The summed E-state index contributed by atoms with van der Waals surface area (Å²) in [5.41, 5.74) is 0.450. The average Bonchev–Trinajstić information content (AvgIpc) is 3.03. The fourth-order valence-corrected chi connectivity index (χ4v) is 3.43. The molecule has 1 fully saturated rings. The quantitative estimate of drug-likeness (QED) is 0.802. The second kappa shape index (κ2) is 7.29. The molecule has 0 saturated carbocycles. The standard InChI is InChI=1S/C15H23N3O4S/c1-4-22-13-6-5-12(9-14(13)23(20,21)18(2)3)17-15(19)11-7-8-16-10-11/h5-6,9,11,16H,4,7-8,10H2,1-3H3,(H,17,19). The highest BCUT2D eigenvalue weighted by Gasteiger charge is 2.25. The molecule has 128 valence electrons. The monoisotopic (exact) mass is 341 g/mol. The number of carbonyl (C=O) groups is 1. The van der Waals surface area contributed by atoms with E-state index >= 15 is 0 Å². The molecule has 1 aliphatic rings. The van der Waals surface area contributed by atoms with Gasteiger partial charge in [0.05, 0.1) is 12.5 Å². The van der Waals surface area contributed by atoms with E-state index in [9.17, 15) is 13.2 Å². The van der Waals surface area contributed by atoms with Crippen molar-refractivity contribution in [3.63, 3.8) is 0 Å². The number of anilines is 1. The van der Waals surface area contributed by atoms with Gasteiger partial charge in [0.25, 0.3) is 0 Å². The fraction of sp³-hybridized carbons (Fsp3) is 0.533. The molecule has 1 amide bonds. The van der Waals surface area contributed by atoms with Gasteiger partial charge in [-0.15, -0.1) is 0 Å². The Bertz CT molecular complexity index is 667. The van der Waals surface area contributed by atoms with Crippen molar-refractivity contribution in [3.05, 3.63) is 18.2 Å². The maximum atomic E-state index is 12.4. The zero-order valence-electron chi connectivity index (χ0n) is 13.6. The van der Waals surface area contributed by atoms with Crippen LogP contribution in [0.1, 0.15) is 13.3 Å². The predicted octanol–water partition coefficient (Wildman–Crippen LogP) is 0.884. The first-order valence-electron chi connectivity index (χ1n) is 7.57. The molecule has 1 unspecified atom stereocenters. The number of sulfonamides is 1. The van der Waals surface area contributed by atoms with E-state index in [0.717, 1.165) is 17.3 Å². The molecule has 0 radical (unpaired) electrons. The van der Waals surface area contributed by atoms with Gasteiger partial charge in [-0.1, -0.05) is 0 Å². The smallest absolute Gasteiger partial charge is 0.246 e. The van der Waals surface area contributed by atoms with Crippen LogP contribution < -0.4 is 15.4 Å². The van der Waals surface area contributed by atoms with Crippen LogP contribution in [0.5, 0.6) is 5.75 Å². The fourth-order valence-electron chi connectivity index (χ4n) is 2.38. The molecule has 1 heterocycles. The lowest BCUT2D eigenvalue weighted by molar-refractivity contribution is -0.119. The Kier molecular flexibility index (Phi) is 5.61. The van der Waals surface area contributed by atoms with Crippen LogP contribution in [-0.4, -0.2) is 52.4 Å². The van der Waals surface area contributed by atoms with Gasteiger partial charge in [-0.3, -0.25) is 4.79 Å². The number of hydrogen-bond acceptors (Lipinski definition) is 5. The summed E-state index contributed by atoms with van der Waals surface area (Å²) in [7, 11) is -0.745. The van der Waals surface area contributed by atoms with Gasteiger partial charge >= 0.3 is 0 Å². The Morgan fingerprint density at radius 1 is 1.43 bits per heavy atom. The number of carbonyl (C=O) groups excluding carboxylic acids is 1. The molecule has 1 atom stereocenters. The van der Waals surface area contributed by atoms with E-state index in [1.807, 2.05) is 0 Å². The highest BCUT2D eigenvalue weighted by atomic mass is 32.2. The summed E-state index contributed by atoms with van der Waals surface area (Å²) in [6.45, 7) is 3.61. The summed E-state index contributed by atoms with van der Waals surface area (Å²) in [4.78, 5) is 12.2. The van der Waals surface area contributed by atoms with E-state index in [1.54, 1.807) is 19.1 Å². The van der Waals surface area contributed by atoms with Crippen LogP contribution in [0.4, 0.5) is 5.69 Å². The third-order valence-corrected chi connectivity index (χ3v) is 5.54. The van der Waals surface area contributed by atoms with Crippen molar-refractivity contribution < 1.29 is 17.9 Å². The van der Waals surface area contributed by atoms with Crippen molar-refractivity contribution >= 4 is 21.6 Å². The molecule has 1 aromatic rings. The lowest BCUT2D eigenvalue weighted by Gasteiger charge is -2.17. The normalized spacial score (nSPS) is 18.2. The molecule has 0 aliphatic carbocycles. The Balaban J connectivity index is 2.30. The number of nitrogens with one attached hydrogen (secondary N) is 2. The van der Waals surface area contributed by atoms with Gasteiger partial charge in [-0.25, -0.2) is 12.7 Å². The van der Waals surface area contributed by atoms with Crippen LogP contribution in [0.2, 0.25) is 0 Å². The number of amides is 1. The second-order valence-electron chi connectivity index (χ2n) is 5.56. The molecule has 7 nitrogen and oxygen atoms in total. The van der Waals surface area contributed by atoms with E-state index in [-0.39, 0.29) is 22.5 Å². The number of benzene rings is 1. The van der Waals surface area contributed by atoms with Crippen molar-refractivity contribution in [2.45, 2.75) is 18.2 Å². The van der Waals surface area contributed by atoms with Crippen molar-refractivity contribution in [1.82, 2.24) is 9.62 Å². The van der Waals surface area contributed by atoms with E-state index in [4.69, 9.17) is 4.74 Å². The van der Waals surface area contributed by atoms with Gasteiger partial charge in [-0.05, 0) is 38.1 Å². The largest absolute Gasteiger partial charge is 0.492 e. The topological polar surface area (TPSA) is 87.7 Å². The van der Waals surface area contributed by atoms with Gasteiger partial charge < -0.3 is 15.4 Å². The maximum Gasteiger partial charge on any atom is 0.246 e. The lowest BCUT2D eigenvalue weighted by Crippen LogP contribution is -2.25. The molecule has 2 rings (SSSR count). The zero-order valence-corrected chi connectivity index (χ0v) is 14.4. The SMILES string of the molecule is CCOc1ccc(NC(=O)C2CCNC2)cc1S(=O)(=O)N(C)C. The van der Waals surface area contributed by atoms with E-state index in [2.05, 4.69) is 10.6 Å². The minimum Gasteiger partial charge on any atom is -0.492 e. The third kappa shape index (κ3) is 4.01. The first-order chi connectivity index (χ1) is 10.9. The highest BCUT2D eigenvalue weighted by Crippen LogP contribution is 2.29. The van der Waals surface area contributed by atoms with E-state index < -0.39 is 10.0 Å². The number of hydrogen-bond donors (Lipinski definition) is 2. The molecule has 1 saturated heterocycles. The van der Waals surface area contributed by atoms with Gasteiger partial charge in [0.2, 0.25) is 15.9 Å². The highest BCUT2D eigenvalue weighted by molar-refractivity contribution is 7.89. The van der Waals surface area contributed by atoms with Gasteiger partial charge in [0.15, 0.2) is 0 Å². The lowest BCUT2D eigenvalue weighted by atomic mass is 10.1. The molecule has 1 aromatic carbocycles. The molecule has 8 heteroatoms. The summed E-state index contributed by atoms with van der Waals surface area (Å²) in [6, 6.07) is 4.67. The maximum absolute atomic E-state index is 12.4. The summed E-state index contributed by atoms with van der Waals surface area (Å²) in [6.07, 6.45) is 0.783. The second-order valence-corrected chi connectivity index (χ2v) is 7.68. The summed E-state index contributed by atoms with van der Waals surface area (Å²) >= 11 is 0. The Labute approximate surface area is 137 Å². The molecular weight excluding hydrogens is 318 g/mol. The predicted molar refractivity (Wildman–Crippen MR) is 88.1 cm³/mol. The molecule has 0 spiro atoms. The van der Waals surface area contributed by atoms with Crippen LogP contribution in [-0.2, 0) is 14.8 Å². The summed E-state index contributed by atoms with van der Waals surface area (Å²) in [5.74, 6) is 0.0876. The van der Waals surface area contributed by atoms with E-state index in [0.29, 0.717) is 18.8 Å². The summed E-state index contributed by atoms with van der Waals surface area (Å²) < 4.78 is 31.4. The molecule has 23 heavy (non-hydrogen) atoms. The van der Waals surface area contributed by atoms with Crippen LogP contribution in [0.3, 0.4) is 0 Å². The zero-order chi connectivity index (χ0) is 17.0. The van der Waals surface area contributed by atoms with Gasteiger partial charge in [0.1, 0.15) is 10.6 Å². The van der Waals surface area contributed by atoms with Crippen LogP contribution in [0.15, 0.2) is 23.1 Å². The minimum atomic E-state index is -3.66. The van der Waals surface area contributed by atoms with Crippen molar-refractivity contribution in [2.24, 2.45) is 5.92 Å². The number of ether oxygens (including phenoxy) is 1. The number of rotatable bonds is 6. The Morgan fingerprint density at radius 3 is 2.74 bits per heavy atom. The third-order valence-electron chi connectivity index (χ3n) is 3.70. The first kappa shape index (κ1) is 17.7. The molecule has 0 aromatic heterocycles. The van der Waals surface area contributed by atoms with Gasteiger partial charge in [-0.2, -0.15) is 0 Å². The Morgan fingerprint density at radius 2 is 2.17 bits per heavy atom. The number of nitrogens with zero attached hydrogens (tertiary/aromatic N) is 1. The molecule has 0 bridgehead atoms. The summed E-state index contributed by atoms with van der Waals surface area (Å²) in [5, 5.41) is 5.92. The average molecular weight is 341 g/mol.